The van der Waals surface area contributed by atoms with E-state index in [1.165, 1.54) is 0 Å². The number of carboxylic acids is 1. The largest absolute Gasteiger partial charge is 0.478 e. The van der Waals surface area contributed by atoms with Gasteiger partial charge in [0.2, 0.25) is 0 Å². The van der Waals surface area contributed by atoms with Crippen molar-refractivity contribution in [2.45, 2.75) is 20.5 Å². The van der Waals surface area contributed by atoms with Crippen molar-refractivity contribution >= 4 is 17.7 Å². The molecule has 2 rings (SSSR count). The Balaban J connectivity index is 2.09. The fraction of sp³-hybridized carbons (Fsp3) is 0.176. The molecule has 5 nitrogen and oxygen atoms in total. The Hall–Kier alpha value is -2.82. The monoisotopic (exact) mass is 299 g/mol. The third-order valence-electron chi connectivity index (χ3n) is 3.40. The summed E-state index contributed by atoms with van der Waals surface area (Å²) in [5, 5.41) is 11.8. The first-order chi connectivity index (χ1) is 10.5. The number of carbonyl (C=O) groups is 2. The molecule has 0 aliphatic heterocycles. The molecule has 0 saturated heterocycles. The van der Waals surface area contributed by atoms with E-state index < -0.39 is 12.1 Å². The molecule has 0 radical (unpaired) electrons. The number of rotatable bonds is 4. The van der Waals surface area contributed by atoms with Crippen LogP contribution in [0.25, 0.3) is 0 Å². The second kappa shape index (κ2) is 6.76. The lowest BCUT2D eigenvalue weighted by molar-refractivity contribution is 0.0697. The van der Waals surface area contributed by atoms with E-state index in [1.807, 2.05) is 37.3 Å². The first-order valence-corrected chi connectivity index (χ1v) is 6.80. The number of benzene rings is 2. The van der Waals surface area contributed by atoms with Gasteiger partial charge in [-0.1, -0.05) is 36.4 Å². The Labute approximate surface area is 128 Å². The zero-order chi connectivity index (χ0) is 16.1. The second-order valence-corrected chi connectivity index (χ2v) is 4.92. The summed E-state index contributed by atoms with van der Waals surface area (Å²) in [6.07, 6.45) is -0.686. The highest BCUT2D eigenvalue weighted by atomic mass is 16.5. The molecule has 114 valence electrons. The molecule has 22 heavy (non-hydrogen) atoms. The molecular weight excluding hydrogens is 282 g/mol. The Bertz CT molecular complexity index is 695. The van der Waals surface area contributed by atoms with E-state index in [9.17, 15) is 14.7 Å². The summed E-state index contributed by atoms with van der Waals surface area (Å²) >= 11 is 0. The highest BCUT2D eigenvalue weighted by Crippen LogP contribution is 2.23. The number of aromatic carboxylic acids is 1. The summed E-state index contributed by atoms with van der Waals surface area (Å²) < 4.78 is 5.09. The molecule has 0 aliphatic carbocycles. The van der Waals surface area contributed by atoms with Gasteiger partial charge in [0.15, 0.2) is 0 Å². The third-order valence-corrected chi connectivity index (χ3v) is 3.40. The lowest BCUT2D eigenvalue weighted by Gasteiger charge is -2.12. The molecule has 0 aromatic heterocycles. The van der Waals surface area contributed by atoms with Crippen LogP contribution in [0, 0.1) is 13.8 Å². The van der Waals surface area contributed by atoms with Gasteiger partial charge in [0, 0.05) is 0 Å². The van der Waals surface area contributed by atoms with Crippen LogP contribution in [0.15, 0.2) is 42.5 Å². The maximum absolute atomic E-state index is 11.8. The average Bonchev–Trinajstić information content (AvgIpc) is 2.50. The predicted octanol–water partition coefficient (Wildman–Crippen LogP) is 3.75. The zero-order valence-corrected chi connectivity index (χ0v) is 12.4. The standard InChI is InChI=1S/C17H17NO4/c1-11-8-9-14(15(12(11)2)16(19)20)18-17(21)22-10-13-6-4-3-5-7-13/h3-9H,10H2,1-2H3,(H,18,21)(H,19,20). The van der Waals surface area contributed by atoms with Crippen LogP contribution in [0.5, 0.6) is 0 Å². The highest BCUT2D eigenvalue weighted by molar-refractivity contribution is 6.00. The topological polar surface area (TPSA) is 75.6 Å². The minimum atomic E-state index is -1.08. The minimum absolute atomic E-state index is 0.0802. The van der Waals surface area contributed by atoms with Crippen LogP contribution < -0.4 is 5.32 Å². The van der Waals surface area contributed by atoms with E-state index in [1.54, 1.807) is 19.1 Å². The van der Waals surface area contributed by atoms with Gasteiger partial charge >= 0.3 is 12.1 Å². The highest BCUT2D eigenvalue weighted by Gasteiger charge is 2.17. The number of carboxylic acid groups (broad SMARTS) is 1. The molecule has 5 heteroatoms. The van der Waals surface area contributed by atoms with Crippen LogP contribution in [0.2, 0.25) is 0 Å². The van der Waals surface area contributed by atoms with Crippen LogP contribution >= 0.6 is 0 Å². The first kappa shape index (κ1) is 15.6. The number of anilines is 1. The predicted molar refractivity (Wildman–Crippen MR) is 83.1 cm³/mol. The van der Waals surface area contributed by atoms with Gasteiger partial charge in [0.05, 0.1) is 11.3 Å². The van der Waals surface area contributed by atoms with Crippen LogP contribution in [0.1, 0.15) is 27.0 Å². The quantitative estimate of drug-likeness (QED) is 0.901. The van der Waals surface area contributed by atoms with E-state index in [0.29, 0.717) is 5.56 Å². The summed E-state index contributed by atoms with van der Waals surface area (Å²) in [6, 6.07) is 12.6. The normalized spacial score (nSPS) is 10.1. The van der Waals surface area contributed by atoms with Gasteiger partial charge in [-0.25, -0.2) is 9.59 Å². The molecule has 0 fully saturated rings. The van der Waals surface area contributed by atoms with Gasteiger partial charge in [-0.2, -0.15) is 0 Å². The number of ether oxygens (including phenoxy) is 1. The number of aryl methyl sites for hydroxylation is 1. The van der Waals surface area contributed by atoms with Crippen molar-refractivity contribution in [3.63, 3.8) is 0 Å². The number of carbonyl (C=O) groups excluding carboxylic acids is 1. The second-order valence-electron chi connectivity index (χ2n) is 4.92. The molecule has 0 atom stereocenters. The molecule has 0 unspecified atom stereocenters. The van der Waals surface area contributed by atoms with Crippen molar-refractivity contribution in [1.29, 1.82) is 0 Å². The maximum atomic E-state index is 11.8. The Morgan fingerprint density at radius 2 is 1.77 bits per heavy atom. The summed E-state index contributed by atoms with van der Waals surface area (Å²) in [5.74, 6) is -1.08. The lowest BCUT2D eigenvalue weighted by Crippen LogP contribution is -2.17. The smallest absolute Gasteiger partial charge is 0.411 e. The van der Waals surface area contributed by atoms with Crippen molar-refractivity contribution in [3.8, 4) is 0 Å². The fourth-order valence-electron chi connectivity index (χ4n) is 2.06. The van der Waals surface area contributed by atoms with Gasteiger partial charge < -0.3 is 9.84 Å². The van der Waals surface area contributed by atoms with Crippen LogP contribution in [0.4, 0.5) is 10.5 Å². The molecular formula is C17H17NO4. The van der Waals surface area contributed by atoms with Gasteiger partial charge in [0.1, 0.15) is 6.61 Å². The number of nitrogens with one attached hydrogen (secondary N) is 1. The van der Waals surface area contributed by atoms with Gasteiger partial charge in [-0.05, 0) is 36.6 Å². The SMILES string of the molecule is Cc1ccc(NC(=O)OCc2ccccc2)c(C(=O)O)c1C. The third kappa shape index (κ3) is 3.63. The molecule has 1 amide bonds. The van der Waals surface area contributed by atoms with Crippen LogP contribution in [-0.2, 0) is 11.3 Å². The Morgan fingerprint density at radius 1 is 1.09 bits per heavy atom. The average molecular weight is 299 g/mol. The van der Waals surface area contributed by atoms with Crippen LogP contribution in [0.3, 0.4) is 0 Å². The van der Waals surface area contributed by atoms with E-state index in [-0.39, 0.29) is 17.9 Å². The van der Waals surface area contributed by atoms with E-state index in [2.05, 4.69) is 5.32 Å². The molecule has 0 bridgehead atoms. The van der Waals surface area contributed by atoms with E-state index in [0.717, 1.165) is 11.1 Å². The lowest BCUT2D eigenvalue weighted by atomic mass is 10.0. The van der Waals surface area contributed by atoms with Crippen molar-refractivity contribution in [1.82, 2.24) is 0 Å². The molecule has 0 heterocycles. The fourth-order valence-corrected chi connectivity index (χ4v) is 2.06. The van der Waals surface area contributed by atoms with Crippen LogP contribution in [-0.4, -0.2) is 17.2 Å². The summed E-state index contributed by atoms with van der Waals surface area (Å²) in [5.41, 5.74) is 2.63. The Morgan fingerprint density at radius 3 is 2.41 bits per heavy atom. The number of amides is 1. The number of hydrogen-bond donors (Lipinski definition) is 2. The van der Waals surface area contributed by atoms with Gasteiger partial charge in [0.25, 0.3) is 0 Å². The number of hydrogen-bond acceptors (Lipinski definition) is 3. The van der Waals surface area contributed by atoms with Crippen molar-refractivity contribution in [2.24, 2.45) is 0 Å². The summed E-state index contributed by atoms with van der Waals surface area (Å²) in [4.78, 5) is 23.2. The van der Waals surface area contributed by atoms with E-state index in [4.69, 9.17) is 4.74 Å². The van der Waals surface area contributed by atoms with Crippen molar-refractivity contribution in [2.75, 3.05) is 5.32 Å². The maximum Gasteiger partial charge on any atom is 0.411 e. The molecule has 0 saturated carbocycles. The zero-order valence-electron chi connectivity index (χ0n) is 12.4. The Kier molecular flexibility index (Phi) is 4.78. The van der Waals surface area contributed by atoms with E-state index >= 15 is 0 Å². The summed E-state index contributed by atoms with van der Waals surface area (Å²) in [6.45, 7) is 3.65. The van der Waals surface area contributed by atoms with Crippen molar-refractivity contribution < 1.29 is 19.4 Å². The molecule has 2 N–H and O–H groups in total. The molecule has 0 aliphatic rings. The molecule has 0 spiro atoms. The first-order valence-electron chi connectivity index (χ1n) is 6.80. The van der Waals surface area contributed by atoms with Gasteiger partial charge in [-0.15, -0.1) is 0 Å². The summed E-state index contributed by atoms with van der Waals surface area (Å²) in [7, 11) is 0. The molecule has 2 aromatic rings. The molecule has 2 aromatic carbocycles. The van der Waals surface area contributed by atoms with Crippen molar-refractivity contribution in [3.05, 3.63) is 64.7 Å². The van der Waals surface area contributed by atoms with Gasteiger partial charge in [-0.3, -0.25) is 5.32 Å². The minimum Gasteiger partial charge on any atom is -0.478 e.